The fourth-order valence-electron chi connectivity index (χ4n) is 1.18. The minimum atomic E-state index is -0.364. The lowest BCUT2D eigenvalue weighted by Crippen LogP contribution is -2.31. The van der Waals surface area contributed by atoms with Gasteiger partial charge in [-0.05, 0) is 25.1 Å². The SMILES string of the molecule is CC(CO)N(C)c1cc(N)cc(F)c1. The second kappa shape index (κ2) is 4.28. The van der Waals surface area contributed by atoms with Crippen LogP contribution in [0.1, 0.15) is 6.92 Å². The Bertz CT molecular complexity index is 297. The Labute approximate surface area is 83.0 Å². The molecule has 0 spiro atoms. The van der Waals surface area contributed by atoms with Gasteiger partial charge in [-0.2, -0.15) is 0 Å². The summed E-state index contributed by atoms with van der Waals surface area (Å²) in [6, 6.07) is 4.27. The fourth-order valence-corrected chi connectivity index (χ4v) is 1.18. The molecule has 0 aliphatic rings. The Hall–Kier alpha value is -1.29. The summed E-state index contributed by atoms with van der Waals surface area (Å²) >= 11 is 0. The molecule has 0 fully saturated rings. The number of halogens is 1. The largest absolute Gasteiger partial charge is 0.399 e. The second-order valence-corrected chi connectivity index (χ2v) is 3.39. The summed E-state index contributed by atoms with van der Waals surface area (Å²) in [5.41, 5.74) is 6.57. The Kier molecular flexibility index (Phi) is 3.30. The van der Waals surface area contributed by atoms with Crippen LogP contribution in [0.4, 0.5) is 15.8 Å². The van der Waals surface area contributed by atoms with Crippen LogP contribution < -0.4 is 10.6 Å². The molecule has 4 heteroatoms. The Balaban J connectivity index is 2.94. The van der Waals surface area contributed by atoms with Crippen molar-refractivity contribution in [2.75, 3.05) is 24.3 Å². The summed E-state index contributed by atoms with van der Waals surface area (Å²) in [5, 5.41) is 8.94. The van der Waals surface area contributed by atoms with Crippen LogP contribution in [0.2, 0.25) is 0 Å². The van der Waals surface area contributed by atoms with E-state index in [-0.39, 0.29) is 18.5 Å². The molecule has 0 radical (unpaired) electrons. The Morgan fingerprint density at radius 2 is 2.14 bits per heavy atom. The molecule has 1 aromatic rings. The maximum atomic E-state index is 13.0. The molecule has 78 valence electrons. The van der Waals surface area contributed by atoms with Crippen LogP contribution in [-0.2, 0) is 0 Å². The van der Waals surface area contributed by atoms with Crippen molar-refractivity contribution in [3.8, 4) is 0 Å². The van der Waals surface area contributed by atoms with Gasteiger partial charge in [0.05, 0.1) is 6.61 Å². The van der Waals surface area contributed by atoms with Gasteiger partial charge in [-0.25, -0.2) is 4.39 Å². The number of aliphatic hydroxyl groups is 1. The summed E-state index contributed by atoms with van der Waals surface area (Å²) in [5.74, 6) is -0.364. The first-order valence-corrected chi connectivity index (χ1v) is 4.44. The number of nitrogens with two attached hydrogens (primary N) is 1. The first-order chi connectivity index (χ1) is 6.54. The molecule has 0 aliphatic heterocycles. The quantitative estimate of drug-likeness (QED) is 0.718. The molecule has 1 rings (SSSR count). The van der Waals surface area contributed by atoms with Gasteiger partial charge in [-0.3, -0.25) is 0 Å². The molecule has 0 bridgehead atoms. The average molecular weight is 198 g/mol. The summed E-state index contributed by atoms with van der Waals surface area (Å²) in [6.45, 7) is 1.87. The van der Waals surface area contributed by atoms with E-state index >= 15 is 0 Å². The third kappa shape index (κ3) is 2.35. The van der Waals surface area contributed by atoms with Gasteiger partial charge >= 0.3 is 0 Å². The van der Waals surface area contributed by atoms with Gasteiger partial charge in [0.25, 0.3) is 0 Å². The van der Waals surface area contributed by atoms with E-state index in [1.165, 1.54) is 12.1 Å². The molecule has 0 saturated carbocycles. The molecule has 3 nitrogen and oxygen atoms in total. The lowest BCUT2D eigenvalue weighted by molar-refractivity contribution is 0.270. The number of benzene rings is 1. The van der Waals surface area contributed by atoms with Gasteiger partial charge in [-0.15, -0.1) is 0 Å². The van der Waals surface area contributed by atoms with E-state index in [0.717, 1.165) is 0 Å². The number of nitrogen functional groups attached to an aromatic ring is 1. The number of aliphatic hydroxyl groups excluding tert-OH is 1. The van der Waals surface area contributed by atoms with Gasteiger partial charge in [0.2, 0.25) is 0 Å². The molecule has 0 amide bonds. The van der Waals surface area contributed by atoms with E-state index in [9.17, 15) is 4.39 Å². The van der Waals surface area contributed by atoms with Gasteiger partial charge < -0.3 is 15.7 Å². The van der Waals surface area contributed by atoms with Gasteiger partial charge in [-0.1, -0.05) is 0 Å². The van der Waals surface area contributed by atoms with E-state index in [1.807, 2.05) is 6.92 Å². The lowest BCUT2D eigenvalue weighted by atomic mass is 10.2. The van der Waals surface area contributed by atoms with Gasteiger partial charge in [0, 0.05) is 24.5 Å². The standard InChI is InChI=1S/C10H15FN2O/c1-7(6-14)13(2)10-4-8(11)3-9(12)5-10/h3-5,7,14H,6,12H2,1-2H3. The highest BCUT2D eigenvalue weighted by atomic mass is 19.1. The van der Waals surface area contributed by atoms with Crippen molar-refractivity contribution in [3.63, 3.8) is 0 Å². The second-order valence-electron chi connectivity index (χ2n) is 3.39. The minimum absolute atomic E-state index is 0.0208. The zero-order chi connectivity index (χ0) is 10.7. The topological polar surface area (TPSA) is 49.5 Å². The third-order valence-electron chi connectivity index (χ3n) is 2.24. The molecule has 0 aliphatic carbocycles. The predicted octanol–water partition coefficient (Wildman–Crippen LogP) is 1.22. The molecule has 1 atom stereocenters. The molecule has 1 aromatic carbocycles. The molecule has 0 aromatic heterocycles. The average Bonchev–Trinajstić information content (AvgIpc) is 2.14. The van der Waals surface area contributed by atoms with E-state index in [1.54, 1.807) is 18.0 Å². The minimum Gasteiger partial charge on any atom is -0.399 e. The Morgan fingerprint density at radius 3 is 2.64 bits per heavy atom. The first-order valence-electron chi connectivity index (χ1n) is 4.44. The molecular weight excluding hydrogens is 183 g/mol. The molecular formula is C10H15FN2O. The van der Waals surface area contributed by atoms with E-state index in [2.05, 4.69) is 0 Å². The highest BCUT2D eigenvalue weighted by Crippen LogP contribution is 2.20. The van der Waals surface area contributed by atoms with Crippen LogP contribution in [0.15, 0.2) is 18.2 Å². The van der Waals surface area contributed by atoms with Crippen LogP contribution in [0, 0.1) is 5.82 Å². The van der Waals surface area contributed by atoms with Crippen LogP contribution in [0.3, 0.4) is 0 Å². The fraction of sp³-hybridized carbons (Fsp3) is 0.400. The Morgan fingerprint density at radius 1 is 1.50 bits per heavy atom. The van der Waals surface area contributed by atoms with Crippen LogP contribution in [0.25, 0.3) is 0 Å². The molecule has 1 unspecified atom stereocenters. The predicted molar refractivity (Wildman–Crippen MR) is 55.8 cm³/mol. The molecule has 0 saturated heterocycles. The van der Waals surface area contributed by atoms with Crippen molar-refractivity contribution in [2.24, 2.45) is 0 Å². The monoisotopic (exact) mass is 198 g/mol. The maximum absolute atomic E-state index is 13.0. The number of hydrogen-bond acceptors (Lipinski definition) is 3. The van der Waals surface area contributed by atoms with Crippen molar-refractivity contribution < 1.29 is 9.50 Å². The van der Waals surface area contributed by atoms with Crippen LogP contribution >= 0.6 is 0 Å². The van der Waals surface area contributed by atoms with Crippen molar-refractivity contribution >= 4 is 11.4 Å². The summed E-state index contributed by atoms with van der Waals surface area (Å²) in [4.78, 5) is 1.78. The molecule has 3 N–H and O–H groups in total. The highest BCUT2D eigenvalue weighted by Gasteiger charge is 2.09. The zero-order valence-electron chi connectivity index (χ0n) is 8.37. The van der Waals surface area contributed by atoms with Crippen molar-refractivity contribution in [1.29, 1.82) is 0 Å². The third-order valence-corrected chi connectivity index (χ3v) is 2.24. The van der Waals surface area contributed by atoms with Gasteiger partial charge in [0.15, 0.2) is 0 Å². The van der Waals surface area contributed by atoms with E-state index in [4.69, 9.17) is 10.8 Å². The van der Waals surface area contributed by atoms with Crippen molar-refractivity contribution in [2.45, 2.75) is 13.0 Å². The molecule has 0 heterocycles. The highest BCUT2D eigenvalue weighted by molar-refractivity contribution is 5.56. The smallest absolute Gasteiger partial charge is 0.127 e. The summed E-state index contributed by atoms with van der Waals surface area (Å²) < 4.78 is 13.0. The zero-order valence-corrected chi connectivity index (χ0v) is 8.37. The summed E-state index contributed by atoms with van der Waals surface area (Å²) in [7, 11) is 1.79. The first kappa shape index (κ1) is 10.8. The number of likely N-dealkylation sites (N-methyl/N-ethyl adjacent to an activating group) is 1. The van der Waals surface area contributed by atoms with E-state index < -0.39 is 0 Å². The van der Waals surface area contributed by atoms with Crippen molar-refractivity contribution in [1.82, 2.24) is 0 Å². The van der Waals surface area contributed by atoms with Crippen molar-refractivity contribution in [3.05, 3.63) is 24.0 Å². The van der Waals surface area contributed by atoms with Crippen LogP contribution in [0.5, 0.6) is 0 Å². The normalized spacial score (nSPS) is 12.6. The molecule has 14 heavy (non-hydrogen) atoms. The number of rotatable bonds is 3. The van der Waals surface area contributed by atoms with E-state index in [0.29, 0.717) is 11.4 Å². The summed E-state index contributed by atoms with van der Waals surface area (Å²) in [6.07, 6.45) is 0. The number of anilines is 2. The lowest BCUT2D eigenvalue weighted by Gasteiger charge is -2.25. The van der Waals surface area contributed by atoms with Crippen LogP contribution in [-0.4, -0.2) is 24.8 Å². The maximum Gasteiger partial charge on any atom is 0.127 e. The number of hydrogen-bond donors (Lipinski definition) is 2. The van der Waals surface area contributed by atoms with Gasteiger partial charge in [0.1, 0.15) is 5.82 Å². The number of nitrogens with zero attached hydrogens (tertiary/aromatic N) is 1.